The molecule has 0 radical (unpaired) electrons. The second kappa shape index (κ2) is 12.3. The van der Waals surface area contributed by atoms with Gasteiger partial charge in [-0.2, -0.15) is 0 Å². The number of nitrogens with one attached hydrogen (secondary N) is 2. The molecule has 0 saturated carbocycles. The molecular formula is C15H34N4. The average Bonchev–Trinajstić information content (AvgIpc) is 2.39. The van der Waals surface area contributed by atoms with Crippen molar-refractivity contribution in [1.82, 2.24) is 15.5 Å². The maximum absolute atomic E-state index is 4.56. The van der Waals surface area contributed by atoms with Crippen LogP contribution in [0, 0.1) is 5.92 Å². The van der Waals surface area contributed by atoms with Gasteiger partial charge in [-0.25, -0.2) is 0 Å². The standard InChI is InChI=1S/C15H34N4/c1-6-16-15(18-13-14(4)5)17-11-9-10-12-19(7-2)8-3/h14H,6-13H2,1-5H3,(H2,16,17,18). The Bertz CT molecular complexity index is 222. The van der Waals surface area contributed by atoms with Crippen molar-refractivity contribution in [2.75, 3.05) is 39.3 Å². The lowest BCUT2D eigenvalue weighted by Crippen LogP contribution is -2.38. The molecule has 4 heteroatoms. The van der Waals surface area contributed by atoms with Gasteiger partial charge in [0.05, 0.1) is 0 Å². The smallest absolute Gasteiger partial charge is 0.191 e. The fraction of sp³-hybridized carbons (Fsp3) is 0.933. The van der Waals surface area contributed by atoms with Crippen molar-refractivity contribution in [1.29, 1.82) is 0 Å². The predicted octanol–water partition coefficient (Wildman–Crippen LogP) is 2.32. The van der Waals surface area contributed by atoms with E-state index in [2.05, 4.69) is 55.1 Å². The van der Waals surface area contributed by atoms with Crippen molar-refractivity contribution in [3.05, 3.63) is 0 Å². The minimum absolute atomic E-state index is 0.609. The monoisotopic (exact) mass is 270 g/mol. The zero-order valence-electron chi connectivity index (χ0n) is 13.6. The van der Waals surface area contributed by atoms with E-state index in [1.54, 1.807) is 0 Å². The molecule has 0 aliphatic carbocycles. The lowest BCUT2D eigenvalue weighted by atomic mass is 10.2. The van der Waals surface area contributed by atoms with Crippen molar-refractivity contribution in [2.45, 2.75) is 47.5 Å². The Morgan fingerprint density at radius 3 is 2.26 bits per heavy atom. The molecule has 4 nitrogen and oxygen atoms in total. The van der Waals surface area contributed by atoms with Crippen LogP contribution in [-0.2, 0) is 0 Å². The highest BCUT2D eigenvalue weighted by molar-refractivity contribution is 5.79. The fourth-order valence-electron chi connectivity index (χ4n) is 1.82. The Labute approximate surface area is 120 Å². The number of guanidine groups is 1. The summed E-state index contributed by atoms with van der Waals surface area (Å²) in [4.78, 5) is 7.03. The second-order valence-electron chi connectivity index (χ2n) is 5.27. The fourth-order valence-corrected chi connectivity index (χ4v) is 1.82. The zero-order chi connectivity index (χ0) is 14.5. The highest BCUT2D eigenvalue weighted by Gasteiger charge is 2.00. The molecule has 0 aromatic heterocycles. The molecule has 0 heterocycles. The van der Waals surface area contributed by atoms with E-state index in [1.807, 2.05) is 0 Å². The van der Waals surface area contributed by atoms with E-state index < -0.39 is 0 Å². The molecule has 0 spiro atoms. The summed E-state index contributed by atoms with van der Waals surface area (Å²) in [7, 11) is 0. The quantitative estimate of drug-likeness (QED) is 0.363. The van der Waals surface area contributed by atoms with Crippen LogP contribution in [0.5, 0.6) is 0 Å². The Morgan fingerprint density at radius 1 is 1.05 bits per heavy atom. The first-order chi connectivity index (χ1) is 9.13. The van der Waals surface area contributed by atoms with Crippen molar-refractivity contribution in [2.24, 2.45) is 10.9 Å². The van der Waals surface area contributed by atoms with Gasteiger partial charge < -0.3 is 15.5 Å². The topological polar surface area (TPSA) is 39.7 Å². The molecule has 0 aromatic carbocycles. The van der Waals surface area contributed by atoms with Gasteiger partial charge in [-0.3, -0.25) is 4.99 Å². The summed E-state index contributed by atoms with van der Waals surface area (Å²) in [5.41, 5.74) is 0. The highest BCUT2D eigenvalue weighted by atomic mass is 15.2. The van der Waals surface area contributed by atoms with E-state index >= 15 is 0 Å². The third-order valence-electron chi connectivity index (χ3n) is 3.05. The molecule has 0 rings (SSSR count). The molecule has 19 heavy (non-hydrogen) atoms. The molecular weight excluding hydrogens is 236 g/mol. The van der Waals surface area contributed by atoms with Crippen molar-refractivity contribution < 1.29 is 0 Å². The first-order valence-electron chi connectivity index (χ1n) is 7.88. The largest absolute Gasteiger partial charge is 0.357 e. The minimum atomic E-state index is 0.609. The molecule has 114 valence electrons. The third-order valence-corrected chi connectivity index (χ3v) is 3.05. The molecule has 0 unspecified atom stereocenters. The van der Waals surface area contributed by atoms with Crippen LogP contribution in [0.3, 0.4) is 0 Å². The van der Waals surface area contributed by atoms with Crippen LogP contribution in [0.15, 0.2) is 4.99 Å². The van der Waals surface area contributed by atoms with Crippen molar-refractivity contribution in [3.8, 4) is 0 Å². The van der Waals surface area contributed by atoms with Gasteiger partial charge in [-0.1, -0.05) is 27.7 Å². The maximum atomic E-state index is 4.56. The second-order valence-corrected chi connectivity index (χ2v) is 5.27. The predicted molar refractivity (Wildman–Crippen MR) is 85.8 cm³/mol. The van der Waals surface area contributed by atoms with E-state index in [9.17, 15) is 0 Å². The van der Waals surface area contributed by atoms with Crippen LogP contribution in [0.1, 0.15) is 47.5 Å². The molecule has 2 N–H and O–H groups in total. The van der Waals surface area contributed by atoms with E-state index in [1.165, 1.54) is 19.4 Å². The molecule has 0 bridgehead atoms. The van der Waals surface area contributed by atoms with Gasteiger partial charge in [0, 0.05) is 19.6 Å². The summed E-state index contributed by atoms with van der Waals surface area (Å²) in [6, 6.07) is 0. The first-order valence-corrected chi connectivity index (χ1v) is 7.88. The summed E-state index contributed by atoms with van der Waals surface area (Å²) < 4.78 is 0. The summed E-state index contributed by atoms with van der Waals surface area (Å²) in [6.45, 7) is 17.3. The van der Waals surface area contributed by atoms with Crippen LogP contribution in [0.4, 0.5) is 0 Å². The molecule has 0 amide bonds. The number of nitrogens with zero attached hydrogens (tertiary/aromatic N) is 2. The molecule has 0 saturated heterocycles. The Balaban J connectivity index is 3.77. The number of unbranched alkanes of at least 4 members (excludes halogenated alkanes) is 1. The highest BCUT2D eigenvalue weighted by Crippen LogP contribution is 1.94. The van der Waals surface area contributed by atoms with Gasteiger partial charge in [0.2, 0.25) is 0 Å². The molecule has 0 aliphatic rings. The third kappa shape index (κ3) is 10.8. The maximum Gasteiger partial charge on any atom is 0.191 e. The van der Waals surface area contributed by atoms with Gasteiger partial charge in [0.15, 0.2) is 5.96 Å². The van der Waals surface area contributed by atoms with E-state index in [0.29, 0.717) is 5.92 Å². The van der Waals surface area contributed by atoms with E-state index in [4.69, 9.17) is 0 Å². The number of aliphatic imine (C=N–C) groups is 1. The normalized spacial score (nSPS) is 12.3. The number of hydrogen-bond donors (Lipinski definition) is 2. The lowest BCUT2D eigenvalue weighted by molar-refractivity contribution is 0.297. The minimum Gasteiger partial charge on any atom is -0.357 e. The van der Waals surface area contributed by atoms with Crippen LogP contribution < -0.4 is 10.6 Å². The summed E-state index contributed by atoms with van der Waals surface area (Å²) >= 11 is 0. The summed E-state index contributed by atoms with van der Waals surface area (Å²) in [5.74, 6) is 1.57. The summed E-state index contributed by atoms with van der Waals surface area (Å²) in [5, 5.41) is 6.69. The molecule has 0 aliphatic heterocycles. The van der Waals surface area contributed by atoms with Crippen molar-refractivity contribution in [3.63, 3.8) is 0 Å². The Morgan fingerprint density at radius 2 is 1.74 bits per heavy atom. The summed E-state index contributed by atoms with van der Waals surface area (Å²) in [6.07, 6.45) is 2.45. The van der Waals surface area contributed by atoms with Crippen LogP contribution >= 0.6 is 0 Å². The zero-order valence-corrected chi connectivity index (χ0v) is 13.6. The van der Waals surface area contributed by atoms with Gasteiger partial charge in [0.25, 0.3) is 0 Å². The van der Waals surface area contributed by atoms with Gasteiger partial charge in [-0.15, -0.1) is 0 Å². The molecule has 0 atom stereocenters. The van der Waals surface area contributed by atoms with Crippen molar-refractivity contribution >= 4 is 5.96 Å². The van der Waals surface area contributed by atoms with E-state index in [0.717, 1.165) is 38.7 Å². The van der Waals surface area contributed by atoms with Crippen LogP contribution in [-0.4, -0.2) is 50.1 Å². The number of rotatable bonds is 10. The first kappa shape index (κ1) is 18.2. The van der Waals surface area contributed by atoms with Gasteiger partial charge >= 0.3 is 0 Å². The SMILES string of the molecule is CCNC(=NCC(C)C)NCCCCN(CC)CC. The number of hydrogen-bond acceptors (Lipinski definition) is 2. The van der Waals surface area contributed by atoms with E-state index in [-0.39, 0.29) is 0 Å². The lowest BCUT2D eigenvalue weighted by Gasteiger charge is -2.18. The van der Waals surface area contributed by atoms with Gasteiger partial charge in [-0.05, 0) is 45.3 Å². The molecule has 0 aromatic rings. The Hall–Kier alpha value is -0.770. The van der Waals surface area contributed by atoms with Crippen LogP contribution in [0.25, 0.3) is 0 Å². The van der Waals surface area contributed by atoms with Gasteiger partial charge in [0.1, 0.15) is 0 Å². The molecule has 0 fully saturated rings. The average molecular weight is 270 g/mol. The Kier molecular flexibility index (Phi) is 11.8. The van der Waals surface area contributed by atoms with Crippen LogP contribution in [0.2, 0.25) is 0 Å².